The second-order valence-electron chi connectivity index (χ2n) is 12.6. The van der Waals surface area contributed by atoms with Gasteiger partial charge in [-0.1, -0.05) is 30.3 Å². The first-order chi connectivity index (χ1) is 25.3. The smallest absolute Gasteiger partial charge is 0.262 e. The number of amides is 4. The highest BCUT2D eigenvalue weighted by Crippen LogP contribution is 2.33. The van der Waals surface area contributed by atoms with Gasteiger partial charge in [0, 0.05) is 61.7 Å². The second kappa shape index (κ2) is 19.8. The molecule has 2 aliphatic rings. The Balaban J connectivity index is 0.906. The van der Waals surface area contributed by atoms with Crippen LogP contribution in [0.4, 0.5) is 5.69 Å². The molecule has 52 heavy (non-hydrogen) atoms. The summed E-state index contributed by atoms with van der Waals surface area (Å²) in [5, 5.41) is 13.6. The maximum absolute atomic E-state index is 13.4. The van der Waals surface area contributed by atoms with Crippen LogP contribution in [0.3, 0.4) is 0 Å². The molecule has 0 unspecified atom stereocenters. The van der Waals surface area contributed by atoms with Crippen molar-refractivity contribution in [1.82, 2.24) is 25.8 Å². The van der Waals surface area contributed by atoms with Gasteiger partial charge in [0.15, 0.2) is 6.61 Å². The number of nitrogens with zero attached hydrogens (tertiary/aromatic N) is 2. The van der Waals surface area contributed by atoms with Crippen LogP contribution in [0.1, 0.15) is 46.9 Å². The molecule has 14 nitrogen and oxygen atoms in total. The molecule has 15 heteroatoms. The fourth-order valence-electron chi connectivity index (χ4n) is 5.35. The maximum Gasteiger partial charge on any atom is 0.262 e. The van der Waals surface area contributed by atoms with Gasteiger partial charge in [-0.05, 0) is 49.1 Å². The molecule has 2 heterocycles. The van der Waals surface area contributed by atoms with E-state index in [9.17, 15) is 19.2 Å². The molecule has 0 radical (unpaired) electrons. The number of hydrogen-bond donors (Lipinski definition) is 5. The van der Waals surface area contributed by atoms with Gasteiger partial charge in [-0.3, -0.25) is 19.2 Å². The molecular formula is C37H47N7O7S. The Kier molecular flexibility index (Phi) is 14.7. The van der Waals surface area contributed by atoms with E-state index in [2.05, 4.69) is 26.3 Å². The molecule has 2 aromatic carbocycles. The first kappa shape index (κ1) is 38.6. The standard InChI is InChI=1S/C37H47N7O7S/c1-25(35(46)40-12-14-49-16-17-50-15-13-41-36(47)31(38)19-29-23-52-24-42-29)10-11-39-20-26-2-4-27(5-3-26)21-44(30-7-8-30)37(48)28-6-9-32-33(18-28)51-22-34(45)43-32/h2-6,9-10,18,23-24,30-31,39H,7-8,11-17,19-22,38H2,1H3,(H,40,46)(H,41,47)(H,43,45)/b25-10+/t31-/m0/s1. The number of thiazole rings is 1. The third-order valence-electron chi connectivity index (χ3n) is 8.42. The van der Waals surface area contributed by atoms with Crippen LogP contribution in [0.25, 0.3) is 0 Å². The molecule has 1 aromatic heterocycles. The summed E-state index contributed by atoms with van der Waals surface area (Å²) in [5.74, 6) is -0.146. The predicted octanol–water partition coefficient (Wildman–Crippen LogP) is 2.15. The number of ether oxygens (including phenoxy) is 3. The van der Waals surface area contributed by atoms with Gasteiger partial charge >= 0.3 is 0 Å². The molecule has 0 spiro atoms. The van der Waals surface area contributed by atoms with E-state index in [0.717, 1.165) is 29.7 Å². The molecule has 1 fully saturated rings. The summed E-state index contributed by atoms with van der Waals surface area (Å²) in [6.07, 6.45) is 4.21. The van der Waals surface area contributed by atoms with Gasteiger partial charge in [-0.25, -0.2) is 4.98 Å². The predicted molar refractivity (Wildman–Crippen MR) is 197 cm³/mol. The van der Waals surface area contributed by atoms with Gasteiger partial charge < -0.3 is 46.1 Å². The third kappa shape index (κ3) is 12.2. The Bertz CT molecular complexity index is 1680. The van der Waals surface area contributed by atoms with Crippen molar-refractivity contribution in [3.8, 4) is 5.75 Å². The van der Waals surface area contributed by atoms with Crippen LogP contribution in [-0.2, 0) is 43.4 Å². The molecule has 5 rings (SSSR count). The Hall–Kier alpha value is -4.67. The quantitative estimate of drug-likeness (QED) is 0.0803. The van der Waals surface area contributed by atoms with Crippen LogP contribution in [0.15, 0.2) is 65.0 Å². The zero-order valence-corrected chi connectivity index (χ0v) is 30.2. The first-order valence-corrected chi connectivity index (χ1v) is 18.4. The van der Waals surface area contributed by atoms with E-state index in [4.69, 9.17) is 19.9 Å². The summed E-state index contributed by atoms with van der Waals surface area (Å²) < 4.78 is 16.5. The normalized spacial score (nSPS) is 14.5. The minimum atomic E-state index is -0.645. The van der Waals surface area contributed by atoms with E-state index in [-0.39, 0.29) is 36.3 Å². The second-order valence-corrected chi connectivity index (χ2v) is 13.3. The van der Waals surface area contributed by atoms with E-state index < -0.39 is 6.04 Å². The van der Waals surface area contributed by atoms with Crippen LogP contribution in [-0.4, -0.2) is 98.3 Å². The lowest BCUT2D eigenvalue weighted by atomic mass is 10.1. The summed E-state index contributed by atoms with van der Waals surface area (Å²) in [7, 11) is 0. The van der Waals surface area contributed by atoms with Gasteiger partial charge in [0.1, 0.15) is 5.75 Å². The number of anilines is 1. The van der Waals surface area contributed by atoms with E-state index in [1.807, 2.05) is 40.6 Å². The largest absolute Gasteiger partial charge is 0.482 e. The van der Waals surface area contributed by atoms with Gasteiger partial charge in [0.05, 0.1) is 49.4 Å². The zero-order valence-electron chi connectivity index (χ0n) is 29.4. The number of fused-ring (bicyclic) bond motifs is 1. The molecule has 4 amide bonds. The number of benzene rings is 2. The fourth-order valence-corrected chi connectivity index (χ4v) is 5.92. The SMILES string of the molecule is C/C(=C\CNCc1ccc(CN(C(=O)c2ccc3c(c2)OCC(=O)N3)C2CC2)cc1)C(=O)NCCOCCOCCNC(=O)[C@@H](N)Cc1cscn1. The first-order valence-electron chi connectivity index (χ1n) is 17.4. The molecule has 278 valence electrons. The topological polar surface area (TPSA) is 186 Å². The Morgan fingerprint density at radius 1 is 1.06 bits per heavy atom. The van der Waals surface area contributed by atoms with Crippen molar-refractivity contribution in [2.45, 2.75) is 51.4 Å². The molecule has 6 N–H and O–H groups in total. The zero-order chi connectivity index (χ0) is 36.7. The Labute approximate surface area is 307 Å². The van der Waals surface area contributed by atoms with Gasteiger partial charge in [-0.15, -0.1) is 11.3 Å². The van der Waals surface area contributed by atoms with Gasteiger partial charge in [0.25, 0.3) is 11.8 Å². The van der Waals surface area contributed by atoms with Crippen LogP contribution in [0.2, 0.25) is 0 Å². The minimum absolute atomic E-state index is 0.0544. The summed E-state index contributed by atoms with van der Waals surface area (Å²) in [5.41, 5.74) is 12.3. The molecule has 0 saturated heterocycles. The lowest BCUT2D eigenvalue weighted by Gasteiger charge is -2.24. The number of carbonyl (C=O) groups is 4. The average molecular weight is 734 g/mol. The van der Waals surface area contributed by atoms with E-state index in [1.165, 1.54) is 11.3 Å². The van der Waals surface area contributed by atoms with E-state index >= 15 is 0 Å². The van der Waals surface area contributed by atoms with Crippen molar-refractivity contribution in [2.75, 3.05) is 58.0 Å². The molecular weight excluding hydrogens is 687 g/mol. The molecule has 1 aliphatic carbocycles. The maximum atomic E-state index is 13.4. The summed E-state index contributed by atoms with van der Waals surface area (Å²) in [6, 6.07) is 12.9. The number of rotatable bonds is 21. The van der Waals surface area contributed by atoms with Crippen molar-refractivity contribution in [1.29, 1.82) is 0 Å². The molecule has 3 aromatic rings. The molecule has 1 saturated carbocycles. The number of nitrogens with one attached hydrogen (secondary N) is 4. The van der Waals surface area contributed by atoms with Crippen molar-refractivity contribution >= 4 is 40.7 Å². The summed E-state index contributed by atoms with van der Waals surface area (Å²) in [4.78, 5) is 55.5. The van der Waals surface area contributed by atoms with E-state index in [0.29, 0.717) is 88.1 Å². The molecule has 0 bridgehead atoms. The fraction of sp³-hybridized carbons (Fsp3) is 0.432. The van der Waals surface area contributed by atoms with E-state index in [1.54, 1.807) is 30.6 Å². The van der Waals surface area contributed by atoms with Crippen LogP contribution < -0.4 is 31.7 Å². The van der Waals surface area contributed by atoms with Crippen LogP contribution in [0.5, 0.6) is 5.75 Å². The third-order valence-corrected chi connectivity index (χ3v) is 9.06. The highest BCUT2D eigenvalue weighted by molar-refractivity contribution is 7.07. The van der Waals surface area contributed by atoms with Crippen molar-refractivity contribution in [3.63, 3.8) is 0 Å². The number of hydrogen-bond acceptors (Lipinski definition) is 11. The minimum Gasteiger partial charge on any atom is -0.482 e. The van der Waals surface area contributed by atoms with Crippen molar-refractivity contribution in [3.05, 3.63) is 87.4 Å². The average Bonchev–Trinajstić information content (AvgIpc) is 3.87. The van der Waals surface area contributed by atoms with Crippen molar-refractivity contribution in [2.24, 2.45) is 5.73 Å². The van der Waals surface area contributed by atoms with Crippen LogP contribution in [0, 0.1) is 0 Å². The van der Waals surface area contributed by atoms with Gasteiger partial charge in [-0.2, -0.15) is 0 Å². The van der Waals surface area contributed by atoms with Gasteiger partial charge in [0.2, 0.25) is 11.8 Å². The molecule has 1 aliphatic heterocycles. The monoisotopic (exact) mass is 733 g/mol. The molecule has 1 atom stereocenters. The number of aromatic nitrogens is 1. The number of nitrogens with two attached hydrogens (primary N) is 1. The van der Waals surface area contributed by atoms with Crippen molar-refractivity contribution < 1.29 is 33.4 Å². The highest BCUT2D eigenvalue weighted by Gasteiger charge is 2.33. The van der Waals surface area contributed by atoms with Crippen LogP contribution >= 0.6 is 11.3 Å². The lowest BCUT2D eigenvalue weighted by molar-refractivity contribution is -0.122. The summed E-state index contributed by atoms with van der Waals surface area (Å²) in [6.45, 7) is 5.56. The Morgan fingerprint density at radius 3 is 2.50 bits per heavy atom. The number of carbonyl (C=O) groups excluding carboxylic acids is 4. The summed E-state index contributed by atoms with van der Waals surface area (Å²) >= 11 is 1.47. The Morgan fingerprint density at radius 2 is 1.79 bits per heavy atom. The highest BCUT2D eigenvalue weighted by atomic mass is 32.1. The lowest BCUT2D eigenvalue weighted by Crippen LogP contribution is -2.43.